The molecule has 0 bridgehead atoms. The number of amides is 1. The van der Waals surface area contributed by atoms with Gasteiger partial charge < -0.3 is 9.64 Å². The fraction of sp³-hybridized carbons (Fsp3) is 0.769. The van der Waals surface area contributed by atoms with E-state index in [1.807, 2.05) is 15.8 Å². The average Bonchev–Trinajstić information content (AvgIpc) is 3.11. The summed E-state index contributed by atoms with van der Waals surface area (Å²) in [6, 6.07) is 0. The molecule has 0 N–H and O–H groups in total. The summed E-state index contributed by atoms with van der Waals surface area (Å²) in [5, 5.41) is 8.37. The first kappa shape index (κ1) is 12.6. The number of rotatable bonds is 5. The van der Waals surface area contributed by atoms with Crippen molar-refractivity contribution in [1.82, 2.24) is 19.9 Å². The van der Waals surface area contributed by atoms with Crippen molar-refractivity contribution in [1.29, 1.82) is 0 Å². The van der Waals surface area contributed by atoms with Crippen molar-refractivity contribution in [2.24, 2.45) is 0 Å². The van der Waals surface area contributed by atoms with Crippen molar-refractivity contribution in [2.45, 2.75) is 38.1 Å². The minimum atomic E-state index is 0.294. The van der Waals surface area contributed by atoms with E-state index in [9.17, 15) is 4.79 Å². The molecule has 1 aromatic heterocycles. The number of ether oxygens (including phenoxy) is 1. The van der Waals surface area contributed by atoms with Gasteiger partial charge in [-0.2, -0.15) is 0 Å². The molecule has 6 heteroatoms. The molecule has 0 aliphatic carbocycles. The van der Waals surface area contributed by atoms with Crippen LogP contribution in [0, 0.1) is 0 Å². The Hall–Kier alpha value is -1.43. The molecule has 0 spiro atoms. The highest BCUT2D eigenvalue weighted by molar-refractivity contribution is 5.77. The van der Waals surface area contributed by atoms with Gasteiger partial charge in [-0.1, -0.05) is 5.21 Å². The van der Waals surface area contributed by atoms with Gasteiger partial charge in [0, 0.05) is 44.8 Å². The molecule has 19 heavy (non-hydrogen) atoms. The maximum Gasteiger partial charge on any atom is 0.222 e. The van der Waals surface area contributed by atoms with E-state index in [1.165, 1.54) is 0 Å². The minimum Gasteiger partial charge on any atom is -0.381 e. The summed E-state index contributed by atoms with van der Waals surface area (Å²) < 4.78 is 7.24. The summed E-state index contributed by atoms with van der Waals surface area (Å²) in [5.74, 6) is 0.705. The van der Waals surface area contributed by atoms with Gasteiger partial charge in [0.25, 0.3) is 0 Å². The van der Waals surface area contributed by atoms with Crippen LogP contribution in [0.5, 0.6) is 0 Å². The van der Waals surface area contributed by atoms with Gasteiger partial charge in [0.2, 0.25) is 5.91 Å². The first-order valence-corrected chi connectivity index (χ1v) is 7.08. The molecule has 1 amide bonds. The van der Waals surface area contributed by atoms with E-state index in [2.05, 4.69) is 10.3 Å². The van der Waals surface area contributed by atoms with Gasteiger partial charge in [-0.15, -0.1) is 5.10 Å². The van der Waals surface area contributed by atoms with E-state index in [4.69, 9.17) is 4.74 Å². The maximum atomic E-state index is 11.5. The van der Waals surface area contributed by atoms with Gasteiger partial charge in [-0.05, 0) is 19.3 Å². The lowest BCUT2D eigenvalue weighted by atomic mass is 10.1. The summed E-state index contributed by atoms with van der Waals surface area (Å²) in [7, 11) is 0. The van der Waals surface area contributed by atoms with Gasteiger partial charge in [-0.3, -0.25) is 9.48 Å². The summed E-state index contributed by atoms with van der Waals surface area (Å²) in [5.41, 5.74) is 1.04. The second-order valence-electron chi connectivity index (χ2n) is 5.30. The standard InChI is InChI=1S/C13H20N4O2/c18-13-3-1-5-16(13)6-2-7-17-9-12(14-15-17)11-4-8-19-10-11/h9,11H,1-8,10H2/t11-/m1/s1. The smallest absolute Gasteiger partial charge is 0.222 e. The molecule has 6 nitrogen and oxygen atoms in total. The van der Waals surface area contributed by atoms with Crippen molar-refractivity contribution < 1.29 is 9.53 Å². The lowest BCUT2D eigenvalue weighted by molar-refractivity contribution is -0.127. The SMILES string of the molecule is O=C1CCCN1CCCn1cc([C@@H]2CCOC2)nn1. The van der Waals surface area contributed by atoms with Crippen LogP contribution in [0.25, 0.3) is 0 Å². The molecule has 104 valence electrons. The van der Waals surface area contributed by atoms with Gasteiger partial charge in [0.05, 0.1) is 12.3 Å². The lowest BCUT2D eigenvalue weighted by Gasteiger charge is -2.14. The zero-order valence-electron chi connectivity index (χ0n) is 11.1. The predicted molar refractivity (Wildman–Crippen MR) is 68.6 cm³/mol. The van der Waals surface area contributed by atoms with E-state index >= 15 is 0 Å². The molecule has 2 aliphatic heterocycles. The van der Waals surface area contributed by atoms with Crippen LogP contribution >= 0.6 is 0 Å². The molecular weight excluding hydrogens is 244 g/mol. The molecule has 2 saturated heterocycles. The van der Waals surface area contributed by atoms with Crippen LogP contribution in [0.1, 0.15) is 37.3 Å². The van der Waals surface area contributed by atoms with E-state index < -0.39 is 0 Å². The third-order valence-electron chi connectivity index (χ3n) is 3.89. The van der Waals surface area contributed by atoms with Crippen molar-refractivity contribution in [3.8, 4) is 0 Å². The van der Waals surface area contributed by atoms with Gasteiger partial charge in [-0.25, -0.2) is 0 Å². The molecule has 0 aromatic carbocycles. The second-order valence-corrected chi connectivity index (χ2v) is 5.30. The molecule has 0 unspecified atom stereocenters. The third kappa shape index (κ3) is 2.94. The first-order chi connectivity index (χ1) is 9.33. The molecule has 2 fully saturated rings. The number of aryl methyl sites for hydroxylation is 1. The Balaban J connectivity index is 1.46. The molecule has 1 atom stereocenters. The summed E-state index contributed by atoms with van der Waals surface area (Å²) >= 11 is 0. The Morgan fingerprint density at radius 2 is 2.37 bits per heavy atom. The second kappa shape index (κ2) is 5.69. The number of likely N-dealkylation sites (tertiary alicyclic amines) is 1. The highest BCUT2D eigenvalue weighted by Gasteiger charge is 2.21. The maximum absolute atomic E-state index is 11.5. The van der Waals surface area contributed by atoms with E-state index in [-0.39, 0.29) is 0 Å². The molecule has 1 aromatic rings. The zero-order chi connectivity index (χ0) is 13.1. The zero-order valence-corrected chi connectivity index (χ0v) is 11.1. The fourth-order valence-electron chi connectivity index (χ4n) is 2.74. The topological polar surface area (TPSA) is 60.2 Å². The molecule has 0 radical (unpaired) electrons. The predicted octanol–water partition coefficient (Wildman–Crippen LogP) is 0.794. The summed E-state index contributed by atoms with van der Waals surface area (Å²) in [6.45, 7) is 4.17. The number of hydrogen-bond acceptors (Lipinski definition) is 4. The number of carbonyl (C=O) groups is 1. The summed E-state index contributed by atoms with van der Waals surface area (Å²) in [4.78, 5) is 13.4. The van der Waals surface area contributed by atoms with Crippen molar-refractivity contribution in [2.75, 3.05) is 26.3 Å². The number of hydrogen-bond donors (Lipinski definition) is 0. The van der Waals surface area contributed by atoms with Crippen LogP contribution in [0.15, 0.2) is 6.20 Å². The first-order valence-electron chi connectivity index (χ1n) is 7.08. The Labute approximate surface area is 112 Å². The van der Waals surface area contributed by atoms with Crippen molar-refractivity contribution in [3.63, 3.8) is 0 Å². The van der Waals surface area contributed by atoms with E-state index in [0.717, 1.165) is 64.2 Å². The fourth-order valence-corrected chi connectivity index (χ4v) is 2.74. The minimum absolute atomic E-state index is 0.294. The number of nitrogens with zero attached hydrogens (tertiary/aromatic N) is 4. The molecule has 0 saturated carbocycles. The van der Waals surface area contributed by atoms with Gasteiger partial charge >= 0.3 is 0 Å². The molecule has 2 aliphatic rings. The van der Waals surface area contributed by atoms with E-state index in [0.29, 0.717) is 11.8 Å². The van der Waals surface area contributed by atoms with Crippen molar-refractivity contribution in [3.05, 3.63) is 11.9 Å². The monoisotopic (exact) mass is 264 g/mol. The Kier molecular flexibility index (Phi) is 3.77. The van der Waals surface area contributed by atoms with Gasteiger partial charge in [0.15, 0.2) is 0 Å². The van der Waals surface area contributed by atoms with Crippen LogP contribution in [-0.4, -0.2) is 52.1 Å². The quantitative estimate of drug-likeness (QED) is 0.789. The highest BCUT2D eigenvalue weighted by Crippen LogP contribution is 2.22. The van der Waals surface area contributed by atoms with Crippen LogP contribution in [0.4, 0.5) is 0 Å². The lowest BCUT2D eigenvalue weighted by Crippen LogP contribution is -2.26. The highest BCUT2D eigenvalue weighted by atomic mass is 16.5. The molecular formula is C13H20N4O2. The third-order valence-corrected chi connectivity index (χ3v) is 3.89. The van der Waals surface area contributed by atoms with Crippen molar-refractivity contribution >= 4 is 5.91 Å². The Morgan fingerprint density at radius 1 is 1.42 bits per heavy atom. The number of aromatic nitrogens is 3. The Bertz CT molecular complexity index is 440. The van der Waals surface area contributed by atoms with E-state index in [1.54, 1.807) is 0 Å². The average molecular weight is 264 g/mol. The van der Waals surface area contributed by atoms with Crippen LogP contribution in [-0.2, 0) is 16.1 Å². The van der Waals surface area contributed by atoms with Crippen LogP contribution in [0.2, 0.25) is 0 Å². The largest absolute Gasteiger partial charge is 0.381 e. The van der Waals surface area contributed by atoms with Gasteiger partial charge in [0.1, 0.15) is 0 Å². The normalized spacial score (nSPS) is 23.5. The van der Waals surface area contributed by atoms with Crippen LogP contribution in [0.3, 0.4) is 0 Å². The Morgan fingerprint density at radius 3 is 3.11 bits per heavy atom. The van der Waals surface area contributed by atoms with Crippen LogP contribution < -0.4 is 0 Å². The number of carbonyl (C=O) groups excluding carboxylic acids is 1. The molecule has 3 heterocycles. The summed E-state index contributed by atoms with van der Waals surface area (Å²) in [6.07, 6.45) is 5.73. The molecule has 3 rings (SSSR count).